The Hall–Kier alpha value is -4.41. The summed E-state index contributed by atoms with van der Waals surface area (Å²) in [5, 5.41) is 4.54. The van der Waals surface area contributed by atoms with E-state index >= 15 is 0 Å². The van der Waals surface area contributed by atoms with Crippen LogP contribution in [0.3, 0.4) is 0 Å². The summed E-state index contributed by atoms with van der Waals surface area (Å²) in [6.45, 7) is 2.27. The van der Waals surface area contributed by atoms with Crippen LogP contribution in [0.2, 0.25) is 0 Å². The van der Waals surface area contributed by atoms with E-state index in [1.54, 1.807) is 41.6 Å². The molecule has 11 heteroatoms. The lowest BCUT2D eigenvalue weighted by Gasteiger charge is -2.35. The van der Waals surface area contributed by atoms with Gasteiger partial charge in [0.1, 0.15) is 29.8 Å². The first-order valence-corrected chi connectivity index (χ1v) is 11.9. The Morgan fingerprint density at radius 1 is 0.865 bits per heavy atom. The van der Waals surface area contributed by atoms with Crippen molar-refractivity contribution >= 4 is 17.5 Å². The number of piperazine rings is 1. The summed E-state index contributed by atoms with van der Waals surface area (Å²) in [6.07, 6.45) is 3.44. The third-order valence-electron chi connectivity index (χ3n) is 6.19. The van der Waals surface area contributed by atoms with Crippen molar-refractivity contribution in [1.29, 1.82) is 0 Å². The normalized spacial score (nSPS) is 13.6. The Bertz CT molecular complexity index is 1380. The number of nitrogens with zero attached hydrogens (tertiary/aromatic N) is 8. The SMILES string of the molecule is CN(C)c1cncc(N2CCN(C(=O)Cn3nc(-c4ccc(F)cc4)nc3-c3ccc(F)cc3)CC2)n1. The van der Waals surface area contributed by atoms with Gasteiger partial charge in [-0.1, -0.05) is 0 Å². The van der Waals surface area contributed by atoms with Gasteiger partial charge in [-0.25, -0.2) is 23.4 Å². The highest BCUT2D eigenvalue weighted by atomic mass is 19.1. The van der Waals surface area contributed by atoms with Crippen LogP contribution in [0.1, 0.15) is 0 Å². The van der Waals surface area contributed by atoms with E-state index in [0.717, 1.165) is 11.6 Å². The summed E-state index contributed by atoms with van der Waals surface area (Å²) < 4.78 is 28.5. The molecule has 9 nitrogen and oxygen atoms in total. The predicted octanol–water partition coefficient (Wildman–Crippen LogP) is 3.10. The second kappa shape index (κ2) is 10.3. The summed E-state index contributed by atoms with van der Waals surface area (Å²) >= 11 is 0. The maximum atomic E-state index is 13.5. The number of anilines is 2. The Labute approximate surface area is 213 Å². The minimum absolute atomic E-state index is 0.0309. The number of carbonyl (C=O) groups is 1. The van der Waals surface area contributed by atoms with E-state index in [-0.39, 0.29) is 24.1 Å². The molecule has 1 aliphatic rings. The van der Waals surface area contributed by atoms with Crippen LogP contribution in [-0.4, -0.2) is 75.8 Å². The summed E-state index contributed by atoms with van der Waals surface area (Å²) in [5.74, 6) is 1.49. The van der Waals surface area contributed by atoms with Crippen molar-refractivity contribution in [2.45, 2.75) is 6.54 Å². The fourth-order valence-corrected chi connectivity index (χ4v) is 4.11. The minimum Gasteiger partial charge on any atom is -0.361 e. The molecule has 0 aliphatic carbocycles. The summed E-state index contributed by atoms with van der Waals surface area (Å²) in [7, 11) is 3.83. The van der Waals surface area contributed by atoms with E-state index < -0.39 is 0 Å². The maximum absolute atomic E-state index is 13.5. The van der Waals surface area contributed by atoms with Crippen molar-refractivity contribution in [1.82, 2.24) is 29.6 Å². The van der Waals surface area contributed by atoms with Crippen molar-refractivity contribution in [3.63, 3.8) is 0 Å². The number of benzene rings is 2. The second-order valence-corrected chi connectivity index (χ2v) is 8.93. The zero-order chi connectivity index (χ0) is 25.9. The molecule has 0 N–H and O–H groups in total. The van der Waals surface area contributed by atoms with E-state index in [2.05, 4.69) is 25.0 Å². The molecule has 0 saturated carbocycles. The van der Waals surface area contributed by atoms with Crippen molar-refractivity contribution in [2.75, 3.05) is 50.1 Å². The maximum Gasteiger partial charge on any atom is 0.244 e. The number of amides is 1. The van der Waals surface area contributed by atoms with Gasteiger partial charge in [-0.2, -0.15) is 0 Å². The fraction of sp³-hybridized carbons (Fsp3) is 0.269. The van der Waals surface area contributed by atoms with Crippen LogP contribution >= 0.6 is 0 Å². The number of halogens is 2. The van der Waals surface area contributed by atoms with Crippen LogP contribution < -0.4 is 9.80 Å². The lowest BCUT2D eigenvalue weighted by atomic mass is 10.2. The Morgan fingerprint density at radius 3 is 2.11 bits per heavy atom. The zero-order valence-corrected chi connectivity index (χ0v) is 20.6. The topological polar surface area (TPSA) is 83.3 Å². The van der Waals surface area contributed by atoms with E-state index in [0.29, 0.717) is 49.0 Å². The number of rotatable bonds is 6. The number of hydrogen-bond donors (Lipinski definition) is 0. The lowest BCUT2D eigenvalue weighted by molar-refractivity contribution is -0.132. The average molecular weight is 505 g/mol. The van der Waals surface area contributed by atoms with Crippen LogP contribution in [0.5, 0.6) is 0 Å². The van der Waals surface area contributed by atoms with E-state index in [9.17, 15) is 13.6 Å². The van der Waals surface area contributed by atoms with Gasteiger partial charge in [-0.3, -0.25) is 9.78 Å². The van der Waals surface area contributed by atoms with E-state index in [1.165, 1.54) is 28.9 Å². The molecule has 1 saturated heterocycles. The number of aromatic nitrogens is 5. The van der Waals surface area contributed by atoms with Crippen molar-refractivity contribution < 1.29 is 13.6 Å². The average Bonchev–Trinajstić information content (AvgIpc) is 3.33. The summed E-state index contributed by atoms with van der Waals surface area (Å²) in [6, 6.07) is 11.7. The second-order valence-electron chi connectivity index (χ2n) is 8.93. The molecule has 0 atom stereocenters. The predicted molar refractivity (Wildman–Crippen MR) is 136 cm³/mol. The standard InChI is InChI=1S/C26H26F2N8O/c1-33(2)22-15-29-16-23(30-22)34-11-13-35(14-12-34)24(37)17-36-26(19-5-9-21(28)10-6-19)31-25(32-36)18-3-7-20(27)8-4-18/h3-10,15-16H,11-14,17H2,1-2H3. The highest BCUT2D eigenvalue weighted by Gasteiger charge is 2.24. The van der Waals surface area contributed by atoms with Gasteiger partial charge in [0, 0.05) is 51.4 Å². The van der Waals surface area contributed by atoms with Gasteiger partial charge in [0.05, 0.1) is 12.4 Å². The molecule has 1 amide bonds. The third-order valence-corrected chi connectivity index (χ3v) is 6.19. The zero-order valence-electron chi connectivity index (χ0n) is 20.6. The summed E-state index contributed by atoms with van der Waals surface area (Å²) in [4.78, 5) is 32.5. The monoisotopic (exact) mass is 504 g/mol. The third kappa shape index (κ3) is 5.40. The molecule has 1 aliphatic heterocycles. The quantitative estimate of drug-likeness (QED) is 0.399. The number of hydrogen-bond acceptors (Lipinski definition) is 7. The molecule has 5 rings (SSSR count). The van der Waals surface area contributed by atoms with Crippen LogP contribution in [-0.2, 0) is 11.3 Å². The van der Waals surface area contributed by atoms with Crippen molar-refractivity contribution in [3.8, 4) is 22.8 Å². The van der Waals surface area contributed by atoms with Gasteiger partial charge >= 0.3 is 0 Å². The largest absolute Gasteiger partial charge is 0.361 e. The van der Waals surface area contributed by atoms with Gasteiger partial charge in [-0.15, -0.1) is 5.10 Å². The molecule has 0 radical (unpaired) electrons. The minimum atomic E-state index is -0.372. The lowest BCUT2D eigenvalue weighted by Crippen LogP contribution is -2.50. The molecule has 0 bridgehead atoms. The molecule has 190 valence electrons. The van der Waals surface area contributed by atoms with Gasteiger partial charge in [-0.05, 0) is 48.5 Å². The van der Waals surface area contributed by atoms with Crippen molar-refractivity contribution in [3.05, 3.63) is 72.6 Å². The smallest absolute Gasteiger partial charge is 0.244 e. The molecule has 0 spiro atoms. The van der Waals surface area contributed by atoms with Crippen molar-refractivity contribution in [2.24, 2.45) is 0 Å². The molecule has 2 aromatic heterocycles. The molecule has 0 unspecified atom stereocenters. The first-order valence-electron chi connectivity index (χ1n) is 11.9. The van der Waals surface area contributed by atoms with Crippen LogP contribution in [0.15, 0.2) is 60.9 Å². The van der Waals surface area contributed by atoms with Gasteiger partial charge in [0.2, 0.25) is 5.91 Å². The highest BCUT2D eigenvalue weighted by molar-refractivity contribution is 5.77. The Kier molecular flexibility index (Phi) is 6.76. The molecule has 37 heavy (non-hydrogen) atoms. The van der Waals surface area contributed by atoms with Gasteiger partial charge in [0.15, 0.2) is 11.6 Å². The van der Waals surface area contributed by atoms with E-state index in [4.69, 9.17) is 0 Å². The molecule has 4 aromatic rings. The van der Waals surface area contributed by atoms with Crippen LogP contribution in [0, 0.1) is 11.6 Å². The highest BCUT2D eigenvalue weighted by Crippen LogP contribution is 2.24. The number of carbonyl (C=O) groups excluding carboxylic acids is 1. The molecule has 1 fully saturated rings. The molecule has 2 aromatic carbocycles. The van der Waals surface area contributed by atoms with Crippen LogP contribution in [0.4, 0.5) is 20.4 Å². The first kappa shape index (κ1) is 24.3. The van der Waals surface area contributed by atoms with E-state index in [1.807, 2.05) is 19.0 Å². The van der Waals surface area contributed by atoms with Crippen LogP contribution in [0.25, 0.3) is 22.8 Å². The molecule has 3 heterocycles. The van der Waals surface area contributed by atoms with Gasteiger partial charge in [0.25, 0.3) is 0 Å². The van der Waals surface area contributed by atoms with Gasteiger partial charge < -0.3 is 14.7 Å². The first-order chi connectivity index (χ1) is 17.9. The Morgan fingerprint density at radius 2 is 1.49 bits per heavy atom. The molecular formula is C26H26F2N8O. The fourth-order valence-electron chi connectivity index (χ4n) is 4.11. The summed E-state index contributed by atoms with van der Waals surface area (Å²) in [5.41, 5.74) is 1.24. The molecular weight excluding hydrogens is 478 g/mol. The Balaban J connectivity index is 1.33.